The van der Waals surface area contributed by atoms with Crippen molar-refractivity contribution in [1.82, 2.24) is 19.6 Å². The van der Waals surface area contributed by atoms with E-state index in [0.29, 0.717) is 38.2 Å². The molecule has 144 valence electrons. The van der Waals surface area contributed by atoms with Gasteiger partial charge in [-0.15, -0.1) is 0 Å². The summed E-state index contributed by atoms with van der Waals surface area (Å²) >= 11 is 0. The number of anilines is 1. The van der Waals surface area contributed by atoms with Crippen molar-refractivity contribution in [3.05, 3.63) is 34.1 Å². The standard InChI is InChI=1S/C17H21N5O5/c1-11(23)21-4-3-5-22(7-6-21)17-19-14(15(25)16(26)20(17)2)13(24)8-12-9-18-27-10-12/h9-10,25H,3-8H2,1-2H3. The fourth-order valence-corrected chi connectivity index (χ4v) is 3.07. The van der Waals surface area contributed by atoms with Crippen molar-refractivity contribution < 1.29 is 19.2 Å². The fraction of sp³-hybridized carbons (Fsp3) is 0.471. The van der Waals surface area contributed by atoms with Gasteiger partial charge in [0, 0.05) is 52.1 Å². The van der Waals surface area contributed by atoms with Crippen molar-refractivity contribution in [1.29, 1.82) is 0 Å². The van der Waals surface area contributed by atoms with E-state index in [1.54, 1.807) is 4.90 Å². The van der Waals surface area contributed by atoms with Crippen LogP contribution in [0.2, 0.25) is 0 Å². The van der Waals surface area contributed by atoms with Gasteiger partial charge in [0.25, 0.3) is 5.56 Å². The fourth-order valence-electron chi connectivity index (χ4n) is 3.07. The third-order valence-corrected chi connectivity index (χ3v) is 4.58. The Hall–Kier alpha value is -3.17. The summed E-state index contributed by atoms with van der Waals surface area (Å²) in [5, 5.41) is 13.7. The van der Waals surface area contributed by atoms with Crippen molar-refractivity contribution in [3.63, 3.8) is 0 Å². The van der Waals surface area contributed by atoms with E-state index in [9.17, 15) is 19.5 Å². The number of rotatable bonds is 4. The summed E-state index contributed by atoms with van der Waals surface area (Å²) in [7, 11) is 1.49. The first-order valence-corrected chi connectivity index (χ1v) is 8.60. The molecule has 3 rings (SSSR count). The molecule has 0 unspecified atom stereocenters. The van der Waals surface area contributed by atoms with Crippen molar-refractivity contribution >= 4 is 17.6 Å². The van der Waals surface area contributed by atoms with E-state index in [2.05, 4.69) is 10.1 Å². The minimum Gasteiger partial charge on any atom is -0.501 e. The van der Waals surface area contributed by atoms with Gasteiger partial charge in [0.1, 0.15) is 6.26 Å². The highest BCUT2D eigenvalue weighted by atomic mass is 16.5. The maximum atomic E-state index is 12.5. The molecule has 2 aromatic heterocycles. The molecule has 1 fully saturated rings. The molecule has 3 heterocycles. The van der Waals surface area contributed by atoms with E-state index in [0.717, 1.165) is 0 Å². The molecule has 1 aliphatic rings. The average Bonchev–Trinajstić information content (AvgIpc) is 3.01. The number of carbonyl (C=O) groups is 2. The summed E-state index contributed by atoms with van der Waals surface area (Å²) in [6, 6.07) is 0. The number of ketones is 1. The third-order valence-electron chi connectivity index (χ3n) is 4.58. The van der Waals surface area contributed by atoms with Crippen LogP contribution < -0.4 is 10.5 Å². The van der Waals surface area contributed by atoms with Crippen LogP contribution in [0.25, 0.3) is 0 Å². The van der Waals surface area contributed by atoms with E-state index in [4.69, 9.17) is 4.52 Å². The summed E-state index contributed by atoms with van der Waals surface area (Å²) in [4.78, 5) is 44.4. The molecule has 1 amide bonds. The van der Waals surface area contributed by atoms with E-state index >= 15 is 0 Å². The molecule has 0 bridgehead atoms. The second-order valence-corrected chi connectivity index (χ2v) is 6.45. The molecule has 10 heteroatoms. The normalized spacial score (nSPS) is 14.9. The van der Waals surface area contributed by atoms with E-state index < -0.39 is 17.1 Å². The van der Waals surface area contributed by atoms with Gasteiger partial charge in [0.2, 0.25) is 17.6 Å². The molecule has 1 saturated heterocycles. The van der Waals surface area contributed by atoms with Crippen molar-refractivity contribution in [2.75, 3.05) is 31.1 Å². The number of aromatic nitrogens is 3. The molecule has 0 aromatic carbocycles. The summed E-state index contributed by atoms with van der Waals surface area (Å²) in [5.74, 6) is -0.899. The Morgan fingerprint density at radius 3 is 2.70 bits per heavy atom. The van der Waals surface area contributed by atoms with E-state index in [1.807, 2.05) is 4.90 Å². The predicted molar refractivity (Wildman–Crippen MR) is 94.8 cm³/mol. The van der Waals surface area contributed by atoms with Gasteiger partial charge >= 0.3 is 0 Å². The highest BCUT2D eigenvalue weighted by Gasteiger charge is 2.25. The zero-order valence-corrected chi connectivity index (χ0v) is 15.2. The number of hydrogen-bond donors (Lipinski definition) is 1. The molecule has 0 spiro atoms. The van der Waals surface area contributed by atoms with Gasteiger partial charge in [-0.3, -0.25) is 19.0 Å². The lowest BCUT2D eigenvalue weighted by atomic mass is 10.1. The first-order valence-electron chi connectivity index (χ1n) is 8.60. The van der Waals surface area contributed by atoms with Gasteiger partial charge in [-0.25, -0.2) is 4.98 Å². The maximum absolute atomic E-state index is 12.5. The second kappa shape index (κ2) is 7.60. The molecule has 2 aromatic rings. The van der Waals surface area contributed by atoms with Crippen LogP contribution in [0.4, 0.5) is 5.95 Å². The highest BCUT2D eigenvalue weighted by molar-refractivity contribution is 5.98. The monoisotopic (exact) mass is 375 g/mol. The van der Waals surface area contributed by atoms with Crippen LogP contribution in [0.3, 0.4) is 0 Å². The lowest BCUT2D eigenvalue weighted by molar-refractivity contribution is -0.128. The molecular weight excluding hydrogens is 354 g/mol. The number of hydrogen-bond acceptors (Lipinski definition) is 8. The zero-order chi connectivity index (χ0) is 19.6. The predicted octanol–water partition coefficient (Wildman–Crippen LogP) is -0.0421. The topological polar surface area (TPSA) is 122 Å². The minimum atomic E-state index is -0.693. The van der Waals surface area contributed by atoms with Crippen molar-refractivity contribution in [3.8, 4) is 5.75 Å². The van der Waals surface area contributed by atoms with Crippen LogP contribution in [0.15, 0.2) is 21.8 Å². The lowest BCUT2D eigenvalue weighted by Crippen LogP contribution is -2.37. The van der Waals surface area contributed by atoms with Gasteiger partial charge in [0.05, 0.1) is 6.20 Å². The Labute approximate surface area is 155 Å². The van der Waals surface area contributed by atoms with Crippen LogP contribution >= 0.6 is 0 Å². The van der Waals surface area contributed by atoms with E-state index in [1.165, 1.54) is 31.0 Å². The van der Waals surface area contributed by atoms with E-state index in [-0.39, 0.29) is 24.0 Å². The first-order chi connectivity index (χ1) is 12.9. The summed E-state index contributed by atoms with van der Waals surface area (Å²) in [5.41, 5.74) is -0.446. The summed E-state index contributed by atoms with van der Waals surface area (Å²) in [6.45, 7) is 3.69. The van der Waals surface area contributed by atoms with Crippen molar-refractivity contribution in [2.45, 2.75) is 19.8 Å². The molecule has 0 aliphatic carbocycles. The SMILES string of the molecule is CC(=O)N1CCCN(c2nc(C(=O)Cc3cnoc3)c(O)c(=O)n2C)CC1. The Kier molecular flexibility index (Phi) is 5.24. The second-order valence-electron chi connectivity index (χ2n) is 6.45. The maximum Gasteiger partial charge on any atom is 0.297 e. The number of carbonyl (C=O) groups excluding carboxylic acids is 2. The Morgan fingerprint density at radius 1 is 1.26 bits per heavy atom. The Morgan fingerprint density at radius 2 is 2.04 bits per heavy atom. The quantitative estimate of drug-likeness (QED) is 0.739. The van der Waals surface area contributed by atoms with Gasteiger partial charge < -0.3 is 19.4 Å². The van der Waals surface area contributed by atoms with Crippen LogP contribution in [0, 0.1) is 0 Å². The molecule has 0 saturated carbocycles. The van der Waals surface area contributed by atoms with Gasteiger partial charge in [-0.2, -0.15) is 0 Å². The number of aromatic hydroxyl groups is 1. The van der Waals surface area contributed by atoms with Gasteiger partial charge in [-0.1, -0.05) is 5.16 Å². The Bertz CT molecular complexity index is 905. The largest absolute Gasteiger partial charge is 0.501 e. The Balaban J connectivity index is 1.91. The number of nitrogens with zero attached hydrogens (tertiary/aromatic N) is 5. The minimum absolute atomic E-state index is 0.00556. The van der Waals surface area contributed by atoms with Crippen LogP contribution in [0.5, 0.6) is 5.75 Å². The lowest BCUT2D eigenvalue weighted by Gasteiger charge is -2.24. The number of amides is 1. The van der Waals surface area contributed by atoms with Crippen LogP contribution in [-0.2, 0) is 18.3 Å². The average molecular weight is 375 g/mol. The van der Waals surface area contributed by atoms with Crippen LogP contribution in [0.1, 0.15) is 29.4 Å². The summed E-state index contributed by atoms with van der Waals surface area (Å²) in [6.07, 6.45) is 3.33. The molecule has 1 N–H and O–H groups in total. The molecule has 10 nitrogen and oxygen atoms in total. The van der Waals surface area contributed by atoms with Crippen LogP contribution in [-0.4, -0.2) is 62.6 Å². The van der Waals surface area contributed by atoms with Crippen molar-refractivity contribution in [2.24, 2.45) is 7.05 Å². The highest BCUT2D eigenvalue weighted by Crippen LogP contribution is 2.19. The molecule has 27 heavy (non-hydrogen) atoms. The molecular formula is C17H21N5O5. The third kappa shape index (κ3) is 3.83. The molecule has 0 radical (unpaired) electrons. The zero-order valence-electron chi connectivity index (χ0n) is 15.2. The van der Waals surface area contributed by atoms with Gasteiger partial charge in [0.15, 0.2) is 11.5 Å². The smallest absolute Gasteiger partial charge is 0.297 e. The van der Waals surface area contributed by atoms with Gasteiger partial charge in [-0.05, 0) is 6.42 Å². The number of Topliss-reactive ketones (excluding diaryl/α,β-unsaturated/α-hetero) is 1. The molecule has 1 aliphatic heterocycles. The summed E-state index contributed by atoms with van der Waals surface area (Å²) < 4.78 is 5.91. The molecule has 0 atom stereocenters. The first kappa shape index (κ1) is 18.6.